The molecular weight excluding hydrogens is 466 g/mol. The van der Waals surface area contributed by atoms with E-state index >= 15 is 0 Å². The van der Waals surface area contributed by atoms with Gasteiger partial charge >= 0.3 is 5.69 Å². The van der Waals surface area contributed by atoms with Crippen LogP contribution in [0.3, 0.4) is 0 Å². The largest absolute Gasteiger partial charge is 0.352 e. The molecule has 5 rings (SSSR count). The Labute approximate surface area is 205 Å². The second kappa shape index (κ2) is 8.88. The average Bonchev–Trinajstić information content (AvgIpc) is 3.16. The topological polar surface area (TPSA) is 90.4 Å². The van der Waals surface area contributed by atoms with Crippen molar-refractivity contribution in [2.45, 2.75) is 26.9 Å². The fourth-order valence-electron chi connectivity index (χ4n) is 4.04. The molecule has 0 radical (unpaired) electrons. The van der Waals surface area contributed by atoms with Crippen molar-refractivity contribution in [2.24, 2.45) is 0 Å². The minimum Gasteiger partial charge on any atom is -0.324 e. The lowest BCUT2D eigenvalue weighted by Crippen LogP contribution is -2.29. The van der Waals surface area contributed by atoms with Gasteiger partial charge in [0.05, 0.1) is 17.4 Å². The highest BCUT2D eigenvalue weighted by Crippen LogP contribution is 2.20. The summed E-state index contributed by atoms with van der Waals surface area (Å²) in [4.78, 5) is 39.5. The molecule has 9 heteroatoms. The molecule has 0 spiro atoms. The monoisotopic (exact) mass is 487 g/mol. The third-order valence-electron chi connectivity index (χ3n) is 5.91. The number of hydrogen-bond donors (Lipinski definition) is 1. The van der Waals surface area contributed by atoms with Crippen LogP contribution in [0.5, 0.6) is 0 Å². The molecular formula is C26H22ClN5O3. The van der Waals surface area contributed by atoms with Crippen molar-refractivity contribution in [2.75, 3.05) is 5.32 Å². The van der Waals surface area contributed by atoms with Crippen molar-refractivity contribution in [1.82, 2.24) is 18.7 Å². The summed E-state index contributed by atoms with van der Waals surface area (Å²) in [6.07, 6.45) is 0. The number of hydrogen-bond acceptors (Lipinski definition) is 4. The number of aromatic nitrogens is 4. The Kier molecular flexibility index (Phi) is 5.74. The number of anilines is 1. The maximum Gasteiger partial charge on any atom is 0.352 e. The quantitative estimate of drug-likeness (QED) is 0.408. The maximum atomic E-state index is 13.4. The Morgan fingerprint density at radius 2 is 1.74 bits per heavy atom. The lowest BCUT2D eigenvalue weighted by Gasteiger charge is -2.10. The molecule has 0 aliphatic carbocycles. The summed E-state index contributed by atoms with van der Waals surface area (Å²) in [5, 5.41) is 8.06. The Hall–Kier alpha value is -4.17. The van der Waals surface area contributed by atoms with E-state index in [1.807, 2.05) is 38.1 Å². The molecule has 0 atom stereocenters. The third kappa shape index (κ3) is 4.24. The van der Waals surface area contributed by atoms with Gasteiger partial charge in [-0.15, -0.1) is 5.10 Å². The van der Waals surface area contributed by atoms with Gasteiger partial charge in [0.25, 0.3) is 5.56 Å². The molecule has 0 aliphatic rings. The SMILES string of the molecule is Cc1ccc(Cn2c(=O)c3ccccc3n3c(=O)n(CC(=O)Nc4cc(Cl)ccc4C)nc23)cc1. The first-order valence-corrected chi connectivity index (χ1v) is 11.4. The van der Waals surface area contributed by atoms with Crippen molar-refractivity contribution in [3.05, 3.63) is 109 Å². The number of aryl methyl sites for hydroxylation is 2. The zero-order valence-corrected chi connectivity index (χ0v) is 19.9. The van der Waals surface area contributed by atoms with Crippen LogP contribution in [-0.2, 0) is 17.9 Å². The number of benzene rings is 3. The van der Waals surface area contributed by atoms with E-state index in [1.165, 1.54) is 8.97 Å². The van der Waals surface area contributed by atoms with Crippen LogP contribution in [0, 0.1) is 13.8 Å². The van der Waals surface area contributed by atoms with Crippen molar-refractivity contribution >= 4 is 39.9 Å². The van der Waals surface area contributed by atoms with Gasteiger partial charge in [-0.1, -0.05) is 59.6 Å². The predicted molar refractivity (Wildman–Crippen MR) is 136 cm³/mol. The summed E-state index contributed by atoms with van der Waals surface area (Å²) in [5.41, 5.74) is 3.06. The predicted octanol–water partition coefficient (Wildman–Crippen LogP) is 3.77. The minimum absolute atomic E-state index is 0.172. The molecule has 35 heavy (non-hydrogen) atoms. The molecule has 2 aromatic heterocycles. The van der Waals surface area contributed by atoms with Gasteiger partial charge < -0.3 is 5.32 Å². The second-order valence-electron chi connectivity index (χ2n) is 8.48. The van der Waals surface area contributed by atoms with Crippen LogP contribution < -0.4 is 16.6 Å². The first-order chi connectivity index (χ1) is 16.8. The van der Waals surface area contributed by atoms with Gasteiger partial charge in [0.2, 0.25) is 11.7 Å². The molecule has 0 saturated heterocycles. The first kappa shape index (κ1) is 22.6. The number of para-hydroxylation sites is 1. The number of fused-ring (bicyclic) bond motifs is 3. The molecule has 2 heterocycles. The standard InChI is InChI=1S/C26H22ClN5O3/c1-16-7-10-18(11-8-16)14-30-24(34)20-5-3-4-6-22(20)32-25(30)29-31(26(32)35)15-23(33)28-21-13-19(27)12-9-17(21)2/h3-13H,14-15H2,1-2H3,(H,28,33). The van der Waals surface area contributed by atoms with E-state index in [9.17, 15) is 14.4 Å². The number of carbonyl (C=O) groups excluding carboxylic acids is 1. The molecule has 3 aromatic carbocycles. The van der Waals surface area contributed by atoms with Crippen LogP contribution in [0.4, 0.5) is 5.69 Å². The van der Waals surface area contributed by atoms with E-state index < -0.39 is 11.6 Å². The summed E-state index contributed by atoms with van der Waals surface area (Å²) in [6.45, 7) is 3.75. The highest BCUT2D eigenvalue weighted by Gasteiger charge is 2.19. The summed E-state index contributed by atoms with van der Waals surface area (Å²) in [7, 11) is 0. The van der Waals surface area contributed by atoms with Gasteiger partial charge in [0.15, 0.2) is 0 Å². The Morgan fingerprint density at radius 3 is 2.51 bits per heavy atom. The highest BCUT2D eigenvalue weighted by atomic mass is 35.5. The van der Waals surface area contributed by atoms with Crippen LogP contribution in [0.2, 0.25) is 5.02 Å². The summed E-state index contributed by atoms with van der Waals surface area (Å²) >= 11 is 6.05. The fraction of sp³-hybridized carbons (Fsp3) is 0.154. The molecule has 5 aromatic rings. The van der Waals surface area contributed by atoms with Crippen LogP contribution in [-0.4, -0.2) is 24.7 Å². The van der Waals surface area contributed by atoms with E-state index in [4.69, 9.17) is 11.6 Å². The van der Waals surface area contributed by atoms with Gasteiger partial charge in [-0.2, -0.15) is 0 Å². The van der Waals surface area contributed by atoms with Crippen LogP contribution in [0.15, 0.2) is 76.3 Å². The van der Waals surface area contributed by atoms with E-state index in [2.05, 4.69) is 10.4 Å². The van der Waals surface area contributed by atoms with Crippen LogP contribution in [0.1, 0.15) is 16.7 Å². The van der Waals surface area contributed by atoms with Gasteiger partial charge in [-0.05, 0) is 49.2 Å². The molecule has 176 valence electrons. The normalized spacial score (nSPS) is 11.3. The Balaban J connectivity index is 1.60. The second-order valence-corrected chi connectivity index (χ2v) is 8.91. The Bertz CT molecular complexity index is 1710. The third-order valence-corrected chi connectivity index (χ3v) is 6.15. The van der Waals surface area contributed by atoms with Crippen LogP contribution in [0.25, 0.3) is 16.7 Å². The van der Waals surface area contributed by atoms with E-state index in [1.54, 1.807) is 42.5 Å². The van der Waals surface area contributed by atoms with Crippen LogP contribution >= 0.6 is 11.6 Å². The summed E-state index contributed by atoms with van der Waals surface area (Å²) in [5.74, 6) is -0.261. The van der Waals surface area contributed by atoms with Crippen molar-refractivity contribution in [3.8, 4) is 0 Å². The number of nitrogens with one attached hydrogen (secondary N) is 1. The maximum absolute atomic E-state index is 13.4. The van der Waals surface area contributed by atoms with Crippen molar-refractivity contribution in [1.29, 1.82) is 0 Å². The molecule has 8 nitrogen and oxygen atoms in total. The van der Waals surface area contributed by atoms with Gasteiger partial charge in [0.1, 0.15) is 6.54 Å². The molecule has 0 fully saturated rings. The number of halogens is 1. The number of rotatable bonds is 5. The van der Waals surface area contributed by atoms with E-state index in [0.29, 0.717) is 21.6 Å². The van der Waals surface area contributed by atoms with Gasteiger partial charge in [-0.3, -0.25) is 14.2 Å². The lowest BCUT2D eigenvalue weighted by atomic mass is 10.1. The van der Waals surface area contributed by atoms with E-state index in [-0.39, 0.29) is 24.4 Å². The molecule has 0 bridgehead atoms. The summed E-state index contributed by atoms with van der Waals surface area (Å²) < 4.78 is 3.91. The number of carbonyl (C=O) groups is 1. The number of nitrogens with zero attached hydrogens (tertiary/aromatic N) is 4. The molecule has 0 unspecified atom stereocenters. The van der Waals surface area contributed by atoms with Crippen molar-refractivity contribution < 1.29 is 4.79 Å². The molecule has 0 saturated carbocycles. The summed E-state index contributed by atoms with van der Waals surface area (Å²) in [6, 6.07) is 19.9. The minimum atomic E-state index is -0.508. The Morgan fingerprint density at radius 1 is 1.00 bits per heavy atom. The van der Waals surface area contributed by atoms with E-state index in [0.717, 1.165) is 21.4 Å². The van der Waals surface area contributed by atoms with Crippen molar-refractivity contribution in [3.63, 3.8) is 0 Å². The zero-order valence-electron chi connectivity index (χ0n) is 19.2. The zero-order chi connectivity index (χ0) is 24.7. The smallest absolute Gasteiger partial charge is 0.324 e. The average molecular weight is 488 g/mol. The number of amides is 1. The van der Waals surface area contributed by atoms with Gasteiger partial charge in [0, 0.05) is 10.7 Å². The lowest BCUT2D eigenvalue weighted by molar-refractivity contribution is -0.117. The fourth-order valence-corrected chi connectivity index (χ4v) is 4.22. The van der Waals surface area contributed by atoms with Gasteiger partial charge in [-0.25, -0.2) is 13.9 Å². The highest BCUT2D eigenvalue weighted by molar-refractivity contribution is 6.31. The molecule has 1 N–H and O–H groups in total. The molecule has 1 amide bonds. The first-order valence-electron chi connectivity index (χ1n) is 11.0. The molecule has 0 aliphatic heterocycles.